The molecule has 0 N–H and O–H groups in total. The van der Waals surface area contributed by atoms with Crippen molar-refractivity contribution in [3.63, 3.8) is 0 Å². The second-order valence-electron chi connectivity index (χ2n) is 3.55. The molecular formula is C12H12FNO. The van der Waals surface area contributed by atoms with Crippen LogP contribution in [0.15, 0.2) is 29.1 Å². The number of hydrogen-bond donors (Lipinski definition) is 0. The van der Waals surface area contributed by atoms with Gasteiger partial charge in [0.2, 0.25) is 0 Å². The fraction of sp³-hybridized carbons (Fsp3) is 0.250. The molecule has 2 aromatic rings. The van der Waals surface area contributed by atoms with E-state index in [1.165, 1.54) is 16.7 Å². The van der Waals surface area contributed by atoms with Gasteiger partial charge in [0.1, 0.15) is 5.82 Å². The van der Waals surface area contributed by atoms with Gasteiger partial charge in [-0.3, -0.25) is 4.79 Å². The lowest BCUT2D eigenvalue weighted by Gasteiger charge is -2.09. The number of halogens is 1. The first-order valence-electron chi connectivity index (χ1n) is 4.92. The monoisotopic (exact) mass is 205 g/mol. The van der Waals surface area contributed by atoms with Gasteiger partial charge in [-0.15, -0.1) is 0 Å². The number of rotatable bonds is 1. The van der Waals surface area contributed by atoms with Crippen molar-refractivity contribution in [3.05, 3.63) is 46.0 Å². The molecule has 0 amide bonds. The summed E-state index contributed by atoms with van der Waals surface area (Å²) in [7, 11) is 1.67. The summed E-state index contributed by atoms with van der Waals surface area (Å²) in [6, 6.07) is 6.38. The molecule has 2 nitrogen and oxygen atoms in total. The van der Waals surface area contributed by atoms with Crippen LogP contribution in [0.25, 0.3) is 10.9 Å². The van der Waals surface area contributed by atoms with Gasteiger partial charge in [0.25, 0.3) is 5.56 Å². The van der Waals surface area contributed by atoms with Crippen LogP contribution in [0, 0.1) is 5.82 Å². The SMILES string of the molecule is CCc1c(F)ccc2ccc(=O)n(C)c12. The maximum absolute atomic E-state index is 13.5. The number of benzene rings is 1. The molecule has 0 aliphatic rings. The maximum atomic E-state index is 13.5. The van der Waals surface area contributed by atoms with Crippen molar-refractivity contribution < 1.29 is 4.39 Å². The van der Waals surface area contributed by atoms with Gasteiger partial charge in [0, 0.05) is 18.7 Å². The van der Waals surface area contributed by atoms with E-state index in [0.29, 0.717) is 17.5 Å². The average Bonchev–Trinajstić information content (AvgIpc) is 2.24. The Kier molecular flexibility index (Phi) is 2.31. The minimum Gasteiger partial charge on any atom is -0.311 e. The second-order valence-corrected chi connectivity index (χ2v) is 3.55. The Hall–Kier alpha value is -1.64. The second kappa shape index (κ2) is 3.50. The molecule has 15 heavy (non-hydrogen) atoms. The summed E-state index contributed by atoms with van der Waals surface area (Å²) >= 11 is 0. The Morgan fingerprint density at radius 1 is 1.27 bits per heavy atom. The number of fused-ring (bicyclic) bond motifs is 1. The molecule has 3 heteroatoms. The summed E-state index contributed by atoms with van der Waals surface area (Å²) in [5, 5.41) is 0.898. The predicted molar refractivity (Wildman–Crippen MR) is 58.5 cm³/mol. The average molecular weight is 205 g/mol. The Morgan fingerprint density at radius 3 is 2.60 bits per heavy atom. The number of aryl methyl sites for hydroxylation is 2. The molecule has 0 saturated carbocycles. The van der Waals surface area contributed by atoms with E-state index in [1.807, 2.05) is 6.92 Å². The summed E-state index contributed by atoms with van der Waals surface area (Å²) in [6.07, 6.45) is 0.584. The van der Waals surface area contributed by atoms with E-state index in [9.17, 15) is 9.18 Å². The maximum Gasteiger partial charge on any atom is 0.250 e. The van der Waals surface area contributed by atoms with Gasteiger partial charge in [-0.1, -0.05) is 6.92 Å². The van der Waals surface area contributed by atoms with Gasteiger partial charge in [-0.2, -0.15) is 0 Å². The van der Waals surface area contributed by atoms with Gasteiger partial charge < -0.3 is 4.57 Å². The van der Waals surface area contributed by atoms with Crippen molar-refractivity contribution in [2.45, 2.75) is 13.3 Å². The summed E-state index contributed by atoms with van der Waals surface area (Å²) in [6.45, 7) is 1.88. The summed E-state index contributed by atoms with van der Waals surface area (Å²) in [5.74, 6) is -0.244. The summed E-state index contributed by atoms with van der Waals surface area (Å²) in [4.78, 5) is 11.5. The standard InChI is InChI=1S/C12H12FNO/c1-3-9-10(13)6-4-8-5-7-11(15)14(2)12(8)9/h4-7H,3H2,1-2H3. The van der Waals surface area contributed by atoms with Gasteiger partial charge in [-0.25, -0.2) is 4.39 Å². The van der Waals surface area contributed by atoms with Crippen molar-refractivity contribution in [3.8, 4) is 0 Å². The first kappa shape index (κ1) is 9.90. The molecule has 0 spiro atoms. The van der Waals surface area contributed by atoms with Crippen LogP contribution in [0.3, 0.4) is 0 Å². The topological polar surface area (TPSA) is 22.0 Å². The van der Waals surface area contributed by atoms with Gasteiger partial charge in [-0.05, 0) is 30.0 Å². The van der Waals surface area contributed by atoms with Crippen molar-refractivity contribution in [1.29, 1.82) is 0 Å². The lowest BCUT2D eigenvalue weighted by molar-refractivity contribution is 0.613. The third-order valence-electron chi connectivity index (χ3n) is 2.68. The molecule has 0 bridgehead atoms. The molecule has 78 valence electrons. The Morgan fingerprint density at radius 2 is 1.93 bits per heavy atom. The fourth-order valence-electron chi connectivity index (χ4n) is 1.88. The van der Waals surface area contributed by atoms with E-state index in [1.54, 1.807) is 19.2 Å². The molecule has 0 aliphatic carbocycles. The molecule has 0 saturated heterocycles. The number of hydrogen-bond acceptors (Lipinski definition) is 1. The van der Waals surface area contributed by atoms with E-state index in [-0.39, 0.29) is 11.4 Å². The van der Waals surface area contributed by atoms with Crippen molar-refractivity contribution in [1.82, 2.24) is 4.57 Å². The third kappa shape index (κ3) is 1.44. The van der Waals surface area contributed by atoms with Crippen molar-refractivity contribution >= 4 is 10.9 Å². The highest BCUT2D eigenvalue weighted by atomic mass is 19.1. The minimum absolute atomic E-state index is 0.109. The lowest BCUT2D eigenvalue weighted by atomic mass is 10.1. The molecule has 1 heterocycles. The molecule has 1 aromatic carbocycles. The smallest absolute Gasteiger partial charge is 0.250 e. The third-order valence-corrected chi connectivity index (χ3v) is 2.68. The molecule has 0 fully saturated rings. The van der Waals surface area contributed by atoms with Crippen molar-refractivity contribution in [2.75, 3.05) is 0 Å². The Bertz CT molecular complexity index is 572. The van der Waals surface area contributed by atoms with E-state index in [4.69, 9.17) is 0 Å². The summed E-state index contributed by atoms with van der Waals surface area (Å²) < 4.78 is 15.0. The normalized spacial score (nSPS) is 10.9. The first-order valence-corrected chi connectivity index (χ1v) is 4.92. The van der Waals surface area contributed by atoms with Gasteiger partial charge in [0.15, 0.2) is 0 Å². The van der Waals surface area contributed by atoms with E-state index >= 15 is 0 Å². The summed E-state index contributed by atoms with van der Waals surface area (Å²) in [5.41, 5.74) is 1.19. The van der Waals surface area contributed by atoms with E-state index in [2.05, 4.69) is 0 Å². The van der Waals surface area contributed by atoms with Crippen LogP contribution in [-0.4, -0.2) is 4.57 Å². The molecular weight excluding hydrogens is 193 g/mol. The molecule has 2 rings (SSSR count). The molecule has 0 aliphatic heterocycles. The first-order chi connectivity index (χ1) is 7.15. The van der Waals surface area contributed by atoms with E-state index < -0.39 is 0 Å². The van der Waals surface area contributed by atoms with Crippen LogP contribution in [0.5, 0.6) is 0 Å². The zero-order valence-corrected chi connectivity index (χ0v) is 8.75. The fourth-order valence-corrected chi connectivity index (χ4v) is 1.88. The van der Waals surface area contributed by atoms with Gasteiger partial charge >= 0.3 is 0 Å². The van der Waals surface area contributed by atoms with Crippen LogP contribution in [0.1, 0.15) is 12.5 Å². The van der Waals surface area contributed by atoms with Gasteiger partial charge in [0.05, 0.1) is 5.52 Å². The largest absolute Gasteiger partial charge is 0.311 e. The van der Waals surface area contributed by atoms with Crippen LogP contribution in [0.4, 0.5) is 4.39 Å². The Labute approximate surface area is 87.0 Å². The van der Waals surface area contributed by atoms with Crippen LogP contribution in [0.2, 0.25) is 0 Å². The van der Waals surface area contributed by atoms with Crippen LogP contribution >= 0.6 is 0 Å². The molecule has 0 atom stereocenters. The number of nitrogens with zero attached hydrogens (tertiary/aromatic N) is 1. The number of aromatic nitrogens is 1. The van der Waals surface area contributed by atoms with Crippen LogP contribution < -0.4 is 5.56 Å². The minimum atomic E-state index is -0.244. The Balaban J connectivity index is 3.01. The quantitative estimate of drug-likeness (QED) is 0.699. The highest BCUT2D eigenvalue weighted by molar-refractivity contribution is 5.82. The highest BCUT2D eigenvalue weighted by Crippen LogP contribution is 2.20. The molecule has 1 aromatic heterocycles. The van der Waals surface area contributed by atoms with E-state index in [0.717, 1.165) is 5.39 Å². The lowest BCUT2D eigenvalue weighted by Crippen LogP contribution is -2.16. The number of pyridine rings is 1. The van der Waals surface area contributed by atoms with Crippen molar-refractivity contribution in [2.24, 2.45) is 7.05 Å². The molecule has 0 unspecified atom stereocenters. The highest BCUT2D eigenvalue weighted by Gasteiger charge is 2.08. The molecule has 0 radical (unpaired) electrons. The zero-order valence-electron chi connectivity index (χ0n) is 8.75. The van der Waals surface area contributed by atoms with Crippen LogP contribution in [-0.2, 0) is 13.5 Å². The zero-order chi connectivity index (χ0) is 11.0. The predicted octanol–water partition coefficient (Wildman–Crippen LogP) is 2.24.